The number of aliphatic hydroxyl groups excluding tert-OH is 2. The van der Waals surface area contributed by atoms with Gasteiger partial charge in [-0.3, -0.25) is 0 Å². The van der Waals surface area contributed by atoms with Gasteiger partial charge in [0, 0.05) is 5.92 Å². The molecule has 90 valence electrons. The average molecular weight is 228 g/mol. The molecule has 2 atom stereocenters. The molecule has 5 nitrogen and oxygen atoms in total. The Balaban J connectivity index is 3.67. The minimum absolute atomic E-state index is 0.0141. The molecule has 16 heavy (non-hydrogen) atoms. The molecule has 0 aromatic carbocycles. The predicted octanol–water partition coefficient (Wildman–Crippen LogP) is -0.523. The Bertz CT molecular complexity index is 276. The van der Waals surface area contributed by atoms with Gasteiger partial charge >= 0.3 is 5.97 Å². The van der Waals surface area contributed by atoms with Crippen LogP contribution in [0.25, 0.3) is 0 Å². The van der Waals surface area contributed by atoms with Gasteiger partial charge < -0.3 is 19.7 Å². The molecule has 0 saturated heterocycles. The van der Waals surface area contributed by atoms with Gasteiger partial charge in [-0.05, 0) is 6.92 Å². The Labute approximate surface area is 94.7 Å². The van der Waals surface area contributed by atoms with E-state index in [4.69, 9.17) is 9.84 Å². The van der Waals surface area contributed by atoms with E-state index in [1.165, 1.54) is 6.08 Å². The van der Waals surface area contributed by atoms with Crippen LogP contribution < -0.4 is 0 Å². The van der Waals surface area contributed by atoms with E-state index >= 15 is 0 Å². The van der Waals surface area contributed by atoms with Crippen LogP contribution in [0.2, 0.25) is 0 Å². The molecule has 0 aromatic heterocycles. The monoisotopic (exact) mass is 228 g/mol. The number of ether oxygens (including phenoxy) is 2. The summed E-state index contributed by atoms with van der Waals surface area (Å²) in [6.45, 7) is 5.18. The maximum atomic E-state index is 10.7. The van der Waals surface area contributed by atoms with Crippen LogP contribution in [0.4, 0.5) is 0 Å². The Morgan fingerprint density at radius 2 is 2.25 bits per heavy atom. The number of carbonyl (C=O) groups is 1. The van der Waals surface area contributed by atoms with Crippen LogP contribution in [0.3, 0.4) is 0 Å². The fourth-order valence-corrected chi connectivity index (χ4v) is 0.762. The molecule has 0 bridgehead atoms. The Morgan fingerprint density at radius 1 is 1.56 bits per heavy atom. The number of hydrogen-bond acceptors (Lipinski definition) is 5. The fraction of sp³-hybridized carbons (Fsp3) is 0.545. The second-order valence-electron chi connectivity index (χ2n) is 2.83. The van der Waals surface area contributed by atoms with E-state index < -0.39 is 18.2 Å². The summed E-state index contributed by atoms with van der Waals surface area (Å²) in [5, 5.41) is 18.3. The molecule has 0 aromatic rings. The van der Waals surface area contributed by atoms with Crippen LogP contribution in [0, 0.1) is 11.8 Å². The summed E-state index contributed by atoms with van der Waals surface area (Å²) in [6.07, 6.45) is -0.863. The van der Waals surface area contributed by atoms with Crippen molar-refractivity contribution in [3.05, 3.63) is 12.7 Å². The summed E-state index contributed by atoms with van der Waals surface area (Å²) in [7, 11) is 0. The van der Waals surface area contributed by atoms with Crippen LogP contribution >= 0.6 is 0 Å². The van der Waals surface area contributed by atoms with Crippen molar-refractivity contribution in [2.45, 2.75) is 19.1 Å². The molecular formula is C11H16O5. The van der Waals surface area contributed by atoms with E-state index in [-0.39, 0.29) is 19.8 Å². The van der Waals surface area contributed by atoms with Crippen molar-refractivity contribution in [3.8, 4) is 11.8 Å². The van der Waals surface area contributed by atoms with Gasteiger partial charge in [0.25, 0.3) is 0 Å². The summed E-state index contributed by atoms with van der Waals surface area (Å²) in [4.78, 5) is 10.7. The van der Waals surface area contributed by atoms with Crippen molar-refractivity contribution >= 4 is 5.97 Å². The summed E-state index contributed by atoms with van der Waals surface area (Å²) in [6, 6.07) is 0. The van der Waals surface area contributed by atoms with Gasteiger partial charge in [-0.1, -0.05) is 12.0 Å². The third kappa shape index (κ3) is 7.01. The van der Waals surface area contributed by atoms with Crippen molar-refractivity contribution in [2.75, 3.05) is 19.8 Å². The summed E-state index contributed by atoms with van der Waals surface area (Å²) >= 11 is 0. The smallest absolute Gasteiger partial charge is 0.384 e. The molecule has 0 aliphatic rings. The van der Waals surface area contributed by atoms with E-state index in [0.29, 0.717) is 0 Å². The van der Waals surface area contributed by atoms with Gasteiger partial charge in [-0.25, -0.2) is 4.79 Å². The Kier molecular flexibility index (Phi) is 8.17. The molecule has 0 spiro atoms. The third-order valence-corrected chi connectivity index (χ3v) is 1.56. The molecular weight excluding hydrogens is 212 g/mol. The van der Waals surface area contributed by atoms with Gasteiger partial charge in [0.15, 0.2) is 0 Å². The molecule has 0 unspecified atom stereocenters. The summed E-state index contributed by atoms with van der Waals surface area (Å²) in [5.74, 6) is 4.00. The zero-order valence-corrected chi connectivity index (χ0v) is 9.18. The van der Waals surface area contributed by atoms with E-state index in [1.807, 2.05) is 0 Å². The number of rotatable bonds is 6. The van der Waals surface area contributed by atoms with Crippen LogP contribution in [0.5, 0.6) is 0 Å². The molecule has 5 heteroatoms. The normalized spacial score (nSPS) is 13.2. The number of aliphatic hydroxyl groups is 2. The minimum atomic E-state index is -1.04. The lowest BCUT2D eigenvalue weighted by molar-refractivity contribution is -0.136. The molecule has 0 radical (unpaired) electrons. The Morgan fingerprint density at radius 3 is 2.81 bits per heavy atom. The van der Waals surface area contributed by atoms with E-state index in [9.17, 15) is 9.90 Å². The highest BCUT2D eigenvalue weighted by Crippen LogP contribution is 1.94. The van der Waals surface area contributed by atoms with Crippen molar-refractivity contribution in [2.24, 2.45) is 0 Å². The van der Waals surface area contributed by atoms with Crippen LogP contribution in [0.15, 0.2) is 12.7 Å². The second-order valence-corrected chi connectivity index (χ2v) is 2.83. The van der Waals surface area contributed by atoms with Gasteiger partial charge in [0.05, 0.1) is 19.3 Å². The van der Waals surface area contributed by atoms with Crippen LogP contribution in [-0.2, 0) is 14.3 Å². The van der Waals surface area contributed by atoms with E-state index in [2.05, 4.69) is 23.2 Å². The molecule has 0 heterocycles. The van der Waals surface area contributed by atoms with Gasteiger partial charge in [-0.2, -0.15) is 0 Å². The van der Waals surface area contributed by atoms with Crippen LogP contribution in [0.1, 0.15) is 6.92 Å². The number of hydrogen-bond donors (Lipinski definition) is 2. The standard InChI is InChI=1S/C11H16O5/c1-3-9(12)10(13)8-15-7-5-6-11(14)16-4-2/h3,9-10,12-13H,1,4,7-8H2,2H3/t9-,10-/m0/s1. The Hall–Kier alpha value is -1.35. The minimum Gasteiger partial charge on any atom is -0.456 e. The third-order valence-electron chi connectivity index (χ3n) is 1.56. The molecule has 0 saturated carbocycles. The van der Waals surface area contributed by atoms with Gasteiger partial charge in [-0.15, -0.1) is 6.58 Å². The first kappa shape index (κ1) is 14.6. The first-order valence-electron chi connectivity index (χ1n) is 4.83. The SMILES string of the molecule is C=C[C@H](O)[C@@H](O)COCC#CC(=O)OCC. The van der Waals surface area contributed by atoms with E-state index in [1.54, 1.807) is 6.92 Å². The highest BCUT2D eigenvalue weighted by Gasteiger charge is 2.11. The predicted molar refractivity (Wildman–Crippen MR) is 57.4 cm³/mol. The lowest BCUT2D eigenvalue weighted by Crippen LogP contribution is -2.28. The molecule has 0 rings (SSSR count). The van der Waals surface area contributed by atoms with Crippen molar-refractivity contribution in [1.29, 1.82) is 0 Å². The number of esters is 1. The lowest BCUT2D eigenvalue weighted by Gasteiger charge is -2.12. The van der Waals surface area contributed by atoms with Crippen molar-refractivity contribution in [3.63, 3.8) is 0 Å². The van der Waals surface area contributed by atoms with Crippen LogP contribution in [-0.4, -0.2) is 48.2 Å². The van der Waals surface area contributed by atoms with Crippen molar-refractivity contribution in [1.82, 2.24) is 0 Å². The summed E-state index contributed by atoms with van der Waals surface area (Å²) in [5.41, 5.74) is 0. The first-order chi connectivity index (χ1) is 7.61. The highest BCUT2D eigenvalue weighted by atomic mass is 16.5. The quantitative estimate of drug-likeness (QED) is 0.210. The number of carbonyl (C=O) groups excluding carboxylic acids is 1. The zero-order chi connectivity index (χ0) is 12.4. The summed E-state index contributed by atoms with van der Waals surface area (Å²) < 4.78 is 9.46. The van der Waals surface area contributed by atoms with Crippen molar-refractivity contribution < 1.29 is 24.5 Å². The largest absolute Gasteiger partial charge is 0.456 e. The first-order valence-corrected chi connectivity index (χ1v) is 4.83. The van der Waals surface area contributed by atoms with E-state index in [0.717, 1.165) is 0 Å². The highest BCUT2D eigenvalue weighted by molar-refractivity contribution is 5.88. The fourth-order valence-electron chi connectivity index (χ4n) is 0.762. The second kappa shape index (κ2) is 8.92. The lowest BCUT2D eigenvalue weighted by atomic mass is 10.2. The molecule has 0 fully saturated rings. The van der Waals surface area contributed by atoms with Gasteiger partial charge in [0.2, 0.25) is 0 Å². The zero-order valence-electron chi connectivity index (χ0n) is 9.18. The molecule has 0 amide bonds. The molecule has 2 N–H and O–H groups in total. The maximum absolute atomic E-state index is 10.7. The topological polar surface area (TPSA) is 76.0 Å². The molecule has 0 aliphatic carbocycles. The maximum Gasteiger partial charge on any atom is 0.384 e. The van der Waals surface area contributed by atoms with Gasteiger partial charge in [0.1, 0.15) is 12.7 Å². The molecule has 0 aliphatic heterocycles. The average Bonchev–Trinajstić information content (AvgIpc) is 2.27.